The van der Waals surface area contributed by atoms with E-state index in [9.17, 15) is 9.59 Å². The van der Waals surface area contributed by atoms with Crippen molar-refractivity contribution >= 4 is 11.9 Å². The molecule has 6 nitrogen and oxygen atoms in total. The minimum Gasteiger partial charge on any atom is -0.301 e. The van der Waals surface area contributed by atoms with E-state index in [1.54, 1.807) is 0 Å². The van der Waals surface area contributed by atoms with Crippen LogP contribution in [-0.2, 0) is 25.8 Å². The molecule has 0 saturated heterocycles. The predicted molar refractivity (Wildman–Crippen MR) is 60.3 cm³/mol. The molecular formula is C12H14O6. The second-order valence-electron chi connectivity index (χ2n) is 3.80. The number of benzene rings is 1. The first kappa shape index (κ1) is 14.1. The lowest BCUT2D eigenvalue weighted by atomic mass is 9.95. The van der Waals surface area contributed by atoms with Crippen LogP contribution in [0.5, 0.6) is 0 Å². The van der Waals surface area contributed by atoms with Crippen LogP contribution in [0, 0.1) is 5.92 Å². The van der Waals surface area contributed by atoms with E-state index in [2.05, 4.69) is 9.78 Å². The molecule has 0 aliphatic rings. The van der Waals surface area contributed by atoms with Gasteiger partial charge in [-0.1, -0.05) is 30.3 Å². The van der Waals surface area contributed by atoms with Gasteiger partial charge >= 0.3 is 11.9 Å². The Morgan fingerprint density at radius 1 is 1.11 bits per heavy atom. The fourth-order valence-electron chi connectivity index (χ4n) is 1.61. The van der Waals surface area contributed by atoms with Gasteiger partial charge in [-0.05, 0) is 18.4 Å². The molecular weight excluding hydrogens is 240 g/mol. The molecule has 0 amide bonds. The van der Waals surface area contributed by atoms with E-state index in [1.807, 2.05) is 30.3 Å². The maximum atomic E-state index is 11.3. The smallest absolute Gasteiger partial charge is 0.301 e. The summed E-state index contributed by atoms with van der Waals surface area (Å²) in [5.74, 6) is -2.32. The van der Waals surface area contributed by atoms with Crippen molar-refractivity contribution in [3.63, 3.8) is 0 Å². The van der Waals surface area contributed by atoms with E-state index in [0.29, 0.717) is 6.42 Å². The standard InChI is InChI=1S/C12H14O6/c13-11(17-15)7-6-10(12(14)18-16)8-9-4-2-1-3-5-9/h1-5,10,15-16H,6-8H2. The summed E-state index contributed by atoms with van der Waals surface area (Å²) in [5.41, 5.74) is 0.880. The quantitative estimate of drug-likeness (QED) is 0.592. The number of carbonyl (C=O) groups is 2. The first-order valence-corrected chi connectivity index (χ1v) is 5.40. The predicted octanol–water partition coefficient (Wildman–Crippen LogP) is 1.66. The third-order valence-electron chi connectivity index (χ3n) is 2.55. The SMILES string of the molecule is O=C(CCC(Cc1ccccc1)C(=O)OO)OO. The third kappa shape index (κ3) is 4.52. The molecule has 0 saturated carbocycles. The topological polar surface area (TPSA) is 93.1 Å². The summed E-state index contributed by atoms with van der Waals surface area (Å²) in [6, 6.07) is 9.12. The van der Waals surface area contributed by atoms with Gasteiger partial charge in [-0.15, -0.1) is 0 Å². The number of rotatable bonds is 6. The highest BCUT2D eigenvalue weighted by Gasteiger charge is 2.22. The van der Waals surface area contributed by atoms with Crippen molar-refractivity contribution in [3.8, 4) is 0 Å². The molecule has 2 N–H and O–H groups in total. The summed E-state index contributed by atoms with van der Waals surface area (Å²) >= 11 is 0. The van der Waals surface area contributed by atoms with Crippen molar-refractivity contribution in [1.82, 2.24) is 0 Å². The summed E-state index contributed by atoms with van der Waals surface area (Å²) < 4.78 is 0. The van der Waals surface area contributed by atoms with Gasteiger partial charge in [0.15, 0.2) is 0 Å². The Hall–Kier alpha value is -1.92. The largest absolute Gasteiger partial charge is 0.345 e. The molecule has 98 valence electrons. The van der Waals surface area contributed by atoms with E-state index in [0.717, 1.165) is 5.56 Å². The Labute approximate surface area is 104 Å². The van der Waals surface area contributed by atoms with Crippen LogP contribution in [0.4, 0.5) is 0 Å². The average Bonchev–Trinajstić information content (AvgIpc) is 2.43. The number of carbonyl (C=O) groups excluding carboxylic acids is 2. The van der Waals surface area contributed by atoms with Gasteiger partial charge in [0.25, 0.3) is 0 Å². The van der Waals surface area contributed by atoms with E-state index in [4.69, 9.17) is 10.5 Å². The molecule has 0 fully saturated rings. The summed E-state index contributed by atoms with van der Waals surface area (Å²) in [6.07, 6.45) is 0.315. The summed E-state index contributed by atoms with van der Waals surface area (Å²) in [4.78, 5) is 29.3. The Balaban J connectivity index is 2.61. The van der Waals surface area contributed by atoms with Gasteiger partial charge in [-0.2, -0.15) is 10.5 Å². The van der Waals surface area contributed by atoms with Crippen molar-refractivity contribution in [2.45, 2.75) is 19.3 Å². The van der Waals surface area contributed by atoms with Gasteiger partial charge in [0.2, 0.25) is 0 Å². The Kier molecular flexibility index (Phi) is 5.83. The van der Waals surface area contributed by atoms with Gasteiger partial charge in [-0.3, -0.25) is 0 Å². The van der Waals surface area contributed by atoms with Crippen molar-refractivity contribution in [2.24, 2.45) is 5.92 Å². The van der Waals surface area contributed by atoms with E-state index in [1.165, 1.54) is 0 Å². The zero-order chi connectivity index (χ0) is 13.4. The number of hydrogen-bond donors (Lipinski definition) is 2. The molecule has 1 aromatic rings. The summed E-state index contributed by atoms with van der Waals surface area (Å²) in [7, 11) is 0. The fourth-order valence-corrected chi connectivity index (χ4v) is 1.61. The normalized spacial score (nSPS) is 11.7. The van der Waals surface area contributed by atoms with Crippen LogP contribution in [0.15, 0.2) is 30.3 Å². The van der Waals surface area contributed by atoms with Crippen LogP contribution >= 0.6 is 0 Å². The third-order valence-corrected chi connectivity index (χ3v) is 2.55. The second-order valence-corrected chi connectivity index (χ2v) is 3.80. The van der Waals surface area contributed by atoms with Crippen molar-refractivity contribution in [1.29, 1.82) is 0 Å². The molecule has 1 aromatic carbocycles. The minimum atomic E-state index is -0.834. The van der Waals surface area contributed by atoms with E-state index in [-0.39, 0.29) is 12.8 Å². The highest BCUT2D eigenvalue weighted by atomic mass is 17.1. The van der Waals surface area contributed by atoms with Gasteiger partial charge < -0.3 is 9.78 Å². The molecule has 0 heterocycles. The average molecular weight is 254 g/mol. The maximum absolute atomic E-state index is 11.3. The first-order valence-electron chi connectivity index (χ1n) is 5.40. The second kappa shape index (κ2) is 7.41. The maximum Gasteiger partial charge on any atom is 0.345 e. The molecule has 0 aromatic heterocycles. The lowest BCUT2D eigenvalue weighted by Crippen LogP contribution is -2.20. The number of hydrogen-bond acceptors (Lipinski definition) is 6. The van der Waals surface area contributed by atoms with Gasteiger partial charge in [0, 0.05) is 6.42 Å². The van der Waals surface area contributed by atoms with Crippen molar-refractivity contribution in [2.75, 3.05) is 0 Å². The highest BCUT2D eigenvalue weighted by Crippen LogP contribution is 2.16. The molecule has 6 heteroatoms. The minimum absolute atomic E-state index is 0.119. The molecule has 0 bridgehead atoms. The zero-order valence-corrected chi connectivity index (χ0v) is 9.61. The molecule has 0 spiro atoms. The zero-order valence-electron chi connectivity index (χ0n) is 9.61. The van der Waals surface area contributed by atoms with E-state index >= 15 is 0 Å². The van der Waals surface area contributed by atoms with Gasteiger partial charge in [0.05, 0.1) is 5.92 Å². The van der Waals surface area contributed by atoms with Crippen LogP contribution in [0.1, 0.15) is 18.4 Å². The van der Waals surface area contributed by atoms with Crippen LogP contribution in [0.2, 0.25) is 0 Å². The molecule has 0 radical (unpaired) electrons. The Morgan fingerprint density at radius 3 is 2.33 bits per heavy atom. The summed E-state index contributed by atoms with van der Waals surface area (Å²) in [6.45, 7) is 0. The fraction of sp³-hybridized carbons (Fsp3) is 0.333. The monoisotopic (exact) mass is 254 g/mol. The van der Waals surface area contributed by atoms with Crippen LogP contribution in [-0.4, -0.2) is 22.5 Å². The Morgan fingerprint density at radius 2 is 1.78 bits per heavy atom. The molecule has 1 atom stereocenters. The van der Waals surface area contributed by atoms with Crippen LogP contribution in [0.25, 0.3) is 0 Å². The Bertz CT molecular complexity index is 389. The van der Waals surface area contributed by atoms with Crippen LogP contribution < -0.4 is 0 Å². The first-order chi connectivity index (χ1) is 8.67. The lowest BCUT2D eigenvalue weighted by molar-refractivity contribution is -0.240. The van der Waals surface area contributed by atoms with Gasteiger partial charge in [0.1, 0.15) is 0 Å². The van der Waals surface area contributed by atoms with Crippen molar-refractivity contribution in [3.05, 3.63) is 35.9 Å². The lowest BCUT2D eigenvalue weighted by Gasteiger charge is -2.12. The summed E-state index contributed by atoms with van der Waals surface area (Å²) in [5, 5.41) is 16.5. The molecule has 0 aliphatic heterocycles. The van der Waals surface area contributed by atoms with Gasteiger partial charge in [-0.25, -0.2) is 9.59 Å². The molecule has 1 rings (SSSR count). The van der Waals surface area contributed by atoms with Crippen LogP contribution in [0.3, 0.4) is 0 Å². The molecule has 1 unspecified atom stereocenters. The molecule has 18 heavy (non-hydrogen) atoms. The molecule has 0 aliphatic carbocycles. The van der Waals surface area contributed by atoms with Crippen molar-refractivity contribution < 1.29 is 29.9 Å². The van der Waals surface area contributed by atoms with E-state index < -0.39 is 17.9 Å². The highest BCUT2D eigenvalue weighted by molar-refractivity contribution is 5.74.